The van der Waals surface area contributed by atoms with Gasteiger partial charge in [0.2, 0.25) is 0 Å². The molecule has 1 aliphatic rings. The van der Waals surface area contributed by atoms with E-state index < -0.39 is 34.5 Å². The van der Waals surface area contributed by atoms with E-state index in [9.17, 15) is 22.8 Å². The highest BCUT2D eigenvalue weighted by molar-refractivity contribution is 7.92. The molecule has 0 atom stereocenters. The molecule has 1 heterocycles. The number of nitrogens with one attached hydrogen (secondary N) is 2. The van der Waals surface area contributed by atoms with Crippen LogP contribution in [0.3, 0.4) is 0 Å². The topological polar surface area (TPSA) is 122 Å². The summed E-state index contributed by atoms with van der Waals surface area (Å²) >= 11 is 0. The number of esters is 1. The van der Waals surface area contributed by atoms with Crippen LogP contribution >= 0.6 is 0 Å². The fourth-order valence-electron chi connectivity index (χ4n) is 3.22. The van der Waals surface area contributed by atoms with E-state index in [1.807, 2.05) is 17.4 Å². The normalized spacial score (nSPS) is 13.1. The summed E-state index contributed by atoms with van der Waals surface area (Å²) in [5, 5.41) is 4.39. The van der Waals surface area contributed by atoms with Crippen molar-refractivity contribution in [2.45, 2.75) is 24.7 Å². The largest absolute Gasteiger partial charge is 0.452 e. The first-order chi connectivity index (χ1) is 14.8. The van der Waals surface area contributed by atoms with Gasteiger partial charge in [-0.3, -0.25) is 14.4 Å². The number of para-hydroxylation sites is 1. The minimum atomic E-state index is -3.79. The molecule has 9 nitrogen and oxygen atoms in total. The van der Waals surface area contributed by atoms with E-state index in [0.29, 0.717) is 18.8 Å². The first-order valence-electron chi connectivity index (χ1n) is 9.78. The molecule has 164 valence electrons. The Bertz CT molecular complexity index is 1080. The van der Waals surface area contributed by atoms with Crippen LogP contribution in [0.4, 0.5) is 10.5 Å². The molecule has 10 heteroatoms. The Kier molecular flexibility index (Phi) is 6.91. The summed E-state index contributed by atoms with van der Waals surface area (Å²) < 4.78 is 32.5. The molecule has 2 N–H and O–H groups in total. The maximum absolute atomic E-state index is 13.1. The third-order valence-electron chi connectivity index (χ3n) is 4.67. The molecule has 0 fully saturated rings. The van der Waals surface area contributed by atoms with Crippen molar-refractivity contribution in [1.29, 1.82) is 0 Å². The average molecular weight is 445 g/mol. The molecular weight excluding hydrogens is 422 g/mol. The Labute approximate surface area is 180 Å². The van der Waals surface area contributed by atoms with Crippen molar-refractivity contribution in [3.8, 4) is 0 Å². The third kappa shape index (κ3) is 5.21. The SMILES string of the molecule is CCNC(=O)NC(=O)COC(=O)c1ccc(S(=O)(=O)N2CCCc3ccccc32)cc1. The van der Waals surface area contributed by atoms with Crippen LogP contribution in [0.1, 0.15) is 29.3 Å². The highest BCUT2D eigenvalue weighted by atomic mass is 32.2. The van der Waals surface area contributed by atoms with Crippen molar-refractivity contribution < 1.29 is 27.5 Å². The molecule has 31 heavy (non-hydrogen) atoms. The van der Waals surface area contributed by atoms with Crippen LogP contribution in [0.2, 0.25) is 0 Å². The monoisotopic (exact) mass is 445 g/mol. The lowest BCUT2D eigenvalue weighted by Crippen LogP contribution is -2.41. The standard InChI is InChI=1S/C21H23N3O6S/c1-2-22-21(27)23-19(25)14-30-20(26)16-9-11-17(12-10-16)31(28,29)24-13-5-7-15-6-3-4-8-18(15)24/h3-4,6,8-12H,2,5,7,13-14H2,1H3,(H2,22,23,25,27). The number of benzene rings is 2. The number of hydrogen-bond acceptors (Lipinski definition) is 6. The molecule has 0 unspecified atom stereocenters. The predicted octanol–water partition coefficient (Wildman–Crippen LogP) is 1.83. The van der Waals surface area contributed by atoms with Crippen LogP contribution in [0, 0.1) is 0 Å². The molecule has 0 radical (unpaired) electrons. The predicted molar refractivity (Wildman–Crippen MR) is 113 cm³/mol. The minimum absolute atomic E-state index is 0.0507. The summed E-state index contributed by atoms with van der Waals surface area (Å²) in [6.07, 6.45) is 1.54. The Balaban J connectivity index is 1.67. The lowest BCUT2D eigenvalue weighted by atomic mass is 10.0. The number of urea groups is 1. The molecule has 0 aliphatic carbocycles. The van der Waals surface area contributed by atoms with Crippen LogP contribution in [-0.4, -0.2) is 46.0 Å². The van der Waals surface area contributed by atoms with E-state index in [0.717, 1.165) is 18.4 Å². The number of fused-ring (bicyclic) bond motifs is 1. The minimum Gasteiger partial charge on any atom is -0.452 e. The Morgan fingerprint density at radius 3 is 2.48 bits per heavy atom. The van der Waals surface area contributed by atoms with Gasteiger partial charge in [0.05, 0.1) is 16.1 Å². The van der Waals surface area contributed by atoms with E-state index in [4.69, 9.17) is 4.74 Å². The van der Waals surface area contributed by atoms with Crippen LogP contribution in [0.15, 0.2) is 53.4 Å². The first kappa shape index (κ1) is 22.3. The van der Waals surface area contributed by atoms with Gasteiger partial charge in [-0.25, -0.2) is 18.0 Å². The van der Waals surface area contributed by atoms with Crippen LogP contribution in [0.5, 0.6) is 0 Å². The average Bonchev–Trinajstić information content (AvgIpc) is 2.77. The van der Waals surface area contributed by atoms with Crippen molar-refractivity contribution in [3.63, 3.8) is 0 Å². The maximum atomic E-state index is 13.1. The third-order valence-corrected chi connectivity index (χ3v) is 6.50. The maximum Gasteiger partial charge on any atom is 0.338 e. The first-order valence-corrected chi connectivity index (χ1v) is 11.2. The van der Waals surface area contributed by atoms with Gasteiger partial charge in [0.25, 0.3) is 15.9 Å². The van der Waals surface area contributed by atoms with Gasteiger partial charge in [-0.1, -0.05) is 18.2 Å². The summed E-state index contributed by atoms with van der Waals surface area (Å²) in [7, 11) is -3.79. The number of anilines is 1. The zero-order valence-corrected chi connectivity index (χ0v) is 17.8. The number of hydrogen-bond donors (Lipinski definition) is 2. The number of imide groups is 1. The molecule has 3 amide bonds. The van der Waals surface area contributed by atoms with E-state index in [1.54, 1.807) is 19.1 Å². The summed E-state index contributed by atoms with van der Waals surface area (Å²) in [4.78, 5) is 35.0. The molecule has 0 saturated carbocycles. The van der Waals surface area contributed by atoms with Gasteiger partial charge in [-0.05, 0) is 55.7 Å². The number of carbonyl (C=O) groups excluding carboxylic acids is 3. The van der Waals surface area contributed by atoms with Crippen molar-refractivity contribution in [1.82, 2.24) is 10.6 Å². The van der Waals surface area contributed by atoms with E-state index in [2.05, 4.69) is 5.32 Å². The van der Waals surface area contributed by atoms with Crippen molar-refractivity contribution in [2.75, 3.05) is 24.0 Å². The van der Waals surface area contributed by atoms with Crippen molar-refractivity contribution >= 4 is 33.6 Å². The smallest absolute Gasteiger partial charge is 0.338 e. The molecule has 2 aromatic carbocycles. The summed E-state index contributed by atoms with van der Waals surface area (Å²) in [5.74, 6) is -1.58. The number of nitrogens with zero attached hydrogens (tertiary/aromatic N) is 1. The highest BCUT2D eigenvalue weighted by Crippen LogP contribution is 2.31. The fourth-order valence-corrected chi connectivity index (χ4v) is 4.76. The van der Waals surface area contributed by atoms with E-state index >= 15 is 0 Å². The summed E-state index contributed by atoms with van der Waals surface area (Å²) in [5.41, 5.74) is 1.72. The van der Waals surface area contributed by atoms with Gasteiger partial charge >= 0.3 is 12.0 Å². The second-order valence-corrected chi connectivity index (χ2v) is 8.68. The molecule has 2 aromatic rings. The summed E-state index contributed by atoms with van der Waals surface area (Å²) in [6.45, 7) is 1.78. The quantitative estimate of drug-likeness (QED) is 0.654. The molecule has 0 bridgehead atoms. The van der Waals surface area contributed by atoms with Gasteiger partial charge in [-0.15, -0.1) is 0 Å². The Morgan fingerprint density at radius 1 is 1.06 bits per heavy atom. The molecule has 1 aliphatic heterocycles. The molecule has 3 rings (SSSR count). The van der Waals surface area contributed by atoms with Gasteiger partial charge < -0.3 is 10.1 Å². The van der Waals surface area contributed by atoms with E-state index in [1.165, 1.54) is 28.6 Å². The van der Waals surface area contributed by atoms with Crippen molar-refractivity contribution in [2.24, 2.45) is 0 Å². The number of aryl methyl sites for hydroxylation is 1. The Hall–Kier alpha value is -3.40. The van der Waals surface area contributed by atoms with Crippen LogP contribution in [0.25, 0.3) is 0 Å². The molecule has 0 aromatic heterocycles. The lowest BCUT2D eigenvalue weighted by molar-refractivity contribution is -0.123. The number of sulfonamides is 1. The molecule has 0 saturated heterocycles. The molecular formula is C21H23N3O6S. The fraction of sp³-hybridized carbons (Fsp3) is 0.286. The van der Waals surface area contributed by atoms with Gasteiger partial charge in [0.15, 0.2) is 6.61 Å². The summed E-state index contributed by atoms with van der Waals surface area (Å²) in [6, 6.07) is 12.0. The lowest BCUT2D eigenvalue weighted by Gasteiger charge is -2.30. The van der Waals surface area contributed by atoms with Gasteiger partial charge in [0.1, 0.15) is 0 Å². The van der Waals surface area contributed by atoms with Gasteiger partial charge in [-0.2, -0.15) is 0 Å². The van der Waals surface area contributed by atoms with Crippen molar-refractivity contribution in [3.05, 3.63) is 59.7 Å². The molecule has 0 spiro atoms. The van der Waals surface area contributed by atoms with Crippen LogP contribution < -0.4 is 14.9 Å². The second kappa shape index (κ2) is 9.61. The second-order valence-electron chi connectivity index (χ2n) is 6.82. The van der Waals surface area contributed by atoms with Gasteiger partial charge in [0, 0.05) is 13.1 Å². The zero-order valence-electron chi connectivity index (χ0n) is 17.0. The van der Waals surface area contributed by atoms with E-state index in [-0.39, 0.29) is 10.5 Å². The Morgan fingerprint density at radius 2 is 1.77 bits per heavy atom. The van der Waals surface area contributed by atoms with Crippen LogP contribution in [-0.2, 0) is 26.0 Å². The number of rotatable bonds is 6. The zero-order chi connectivity index (χ0) is 22.4. The highest BCUT2D eigenvalue weighted by Gasteiger charge is 2.29. The number of ether oxygens (including phenoxy) is 1. The number of amides is 3. The number of carbonyl (C=O) groups is 3.